The maximum absolute atomic E-state index is 10.3. The molecule has 0 spiro atoms. The second kappa shape index (κ2) is 6.12. The Morgan fingerprint density at radius 3 is 1.54 bits per heavy atom. The van der Waals surface area contributed by atoms with E-state index in [0.717, 1.165) is 11.0 Å². The lowest BCUT2D eigenvalue weighted by Gasteiger charge is -1.89. The molecular weight excluding hydrogens is 316 g/mol. The van der Waals surface area contributed by atoms with Crippen LogP contribution in [0.4, 0.5) is 11.4 Å². The smallest absolute Gasteiger partial charge is 0.271 e. The van der Waals surface area contributed by atoms with E-state index in [1.54, 1.807) is 12.1 Å². The predicted molar refractivity (Wildman–Crippen MR) is 85.5 cm³/mol. The molecular formula is C14H10N6O4. The molecule has 0 unspecified atom stereocenters. The Kier molecular flexibility index (Phi) is 3.85. The molecule has 0 atom stereocenters. The number of nitrogens with one attached hydrogen (secondary N) is 2. The quantitative estimate of drug-likeness (QED) is 0.428. The van der Waals surface area contributed by atoms with Crippen LogP contribution < -0.4 is 0 Å². The van der Waals surface area contributed by atoms with Gasteiger partial charge in [0.25, 0.3) is 11.4 Å². The number of nitro groups is 2. The van der Waals surface area contributed by atoms with E-state index in [9.17, 15) is 20.2 Å². The second-order valence-electron chi connectivity index (χ2n) is 4.72. The predicted octanol–water partition coefficient (Wildman–Crippen LogP) is 2.94. The van der Waals surface area contributed by atoms with Gasteiger partial charge in [0.05, 0.1) is 44.6 Å². The van der Waals surface area contributed by atoms with Crippen molar-refractivity contribution in [3.05, 3.63) is 69.3 Å². The maximum Gasteiger partial charge on any atom is 0.271 e. The molecule has 2 aromatic carbocycles. The fraction of sp³-hybridized carbons (Fsp3) is 0. The van der Waals surface area contributed by atoms with E-state index in [4.69, 9.17) is 0 Å². The highest BCUT2D eigenvalue weighted by Gasteiger charge is 2.06. The molecule has 120 valence electrons. The highest BCUT2D eigenvalue weighted by Crippen LogP contribution is 2.17. The fourth-order valence-corrected chi connectivity index (χ4v) is 2.07. The van der Waals surface area contributed by atoms with Crippen molar-refractivity contribution in [1.82, 2.24) is 19.9 Å². The van der Waals surface area contributed by atoms with Crippen LogP contribution in [0.15, 0.2) is 49.1 Å². The number of hydrogen-bond acceptors (Lipinski definition) is 6. The molecule has 0 saturated carbocycles. The lowest BCUT2D eigenvalue weighted by Crippen LogP contribution is -1.86. The number of fused-ring (bicyclic) bond motifs is 2. The summed E-state index contributed by atoms with van der Waals surface area (Å²) in [6, 6.07) is 9.02. The first-order chi connectivity index (χ1) is 11.5. The van der Waals surface area contributed by atoms with Crippen molar-refractivity contribution in [3.63, 3.8) is 0 Å². The van der Waals surface area contributed by atoms with Gasteiger partial charge >= 0.3 is 0 Å². The number of nitro benzene ring substituents is 2. The highest BCUT2D eigenvalue weighted by molar-refractivity contribution is 5.77. The van der Waals surface area contributed by atoms with Crippen molar-refractivity contribution < 1.29 is 9.85 Å². The zero-order chi connectivity index (χ0) is 17.1. The van der Waals surface area contributed by atoms with Crippen LogP contribution in [-0.2, 0) is 0 Å². The minimum Gasteiger partial charge on any atom is -0.344 e. The van der Waals surface area contributed by atoms with Crippen LogP contribution in [-0.4, -0.2) is 29.8 Å². The molecule has 4 rings (SSSR count). The first-order valence-electron chi connectivity index (χ1n) is 6.69. The molecule has 10 heteroatoms. The third-order valence-corrected chi connectivity index (χ3v) is 3.23. The van der Waals surface area contributed by atoms with E-state index in [1.165, 1.54) is 36.9 Å². The molecule has 2 aromatic heterocycles. The minimum atomic E-state index is -0.430. The Hall–Kier alpha value is -3.82. The van der Waals surface area contributed by atoms with Gasteiger partial charge in [0.15, 0.2) is 0 Å². The average molecular weight is 326 g/mol. The summed E-state index contributed by atoms with van der Waals surface area (Å²) >= 11 is 0. The molecule has 0 bridgehead atoms. The monoisotopic (exact) mass is 326 g/mol. The zero-order valence-corrected chi connectivity index (χ0v) is 12.0. The molecule has 0 aliphatic rings. The van der Waals surface area contributed by atoms with Gasteiger partial charge in [-0.15, -0.1) is 0 Å². The number of H-pyrrole nitrogens is 2. The van der Waals surface area contributed by atoms with Gasteiger partial charge in [-0.05, 0) is 12.1 Å². The van der Waals surface area contributed by atoms with E-state index in [0.29, 0.717) is 11.0 Å². The number of aromatic amines is 2. The van der Waals surface area contributed by atoms with Crippen LogP contribution in [0, 0.1) is 20.2 Å². The molecule has 10 nitrogen and oxygen atoms in total. The molecule has 0 saturated heterocycles. The van der Waals surface area contributed by atoms with Gasteiger partial charge < -0.3 is 9.97 Å². The Bertz CT molecular complexity index is 954. The van der Waals surface area contributed by atoms with Crippen molar-refractivity contribution >= 4 is 33.4 Å². The third-order valence-electron chi connectivity index (χ3n) is 3.23. The first kappa shape index (κ1) is 15.1. The number of imidazole rings is 2. The maximum atomic E-state index is 10.3. The van der Waals surface area contributed by atoms with Crippen LogP contribution in [0.2, 0.25) is 0 Å². The SMILES string of the molecule is O=[N+]([O-])c1ccc2nc[nH]c2c1.O=[N+]([O-])c1ccc2nc[nH]c2c1. The molecule has 4 aromatic rings. The number of nitrogens with zero attached hydrogens (tertiary/aromatic N) is 4. The van der Waals surface area contributed by atoms with Gasteiger partial charge in [-0.25, -0.2) is 9.97 Å². The first-order valence-corrected chi connectivity index (χ1v) is 6.69. The molecule has 0 radical (unpaired) electrons. The molecule has 2 heterocycles. The van der Waals surface area contributed by atoms with Crippen molar-refractivity contribution in [1.29, 1.82) is 0 Å². The van der Waals surface area contributed by atoms with Crippen molar-refractivity contribution in [2.75, 3.05) is 0 Å². The van der Waals surface area contributed by atoms with E-state index in [1.807, 2.05) is 0 Å². The normalized spacial score (nSPS) is 10.3. The largest absolute Gasteiger partial charge is 0.344 e. The van der Waals surface area contributed by atoms with Gasteiger partial charge in [-0.3, -0.25) is 20.2 Å². The lowest BCUT2D eigenvalue weighted by atomic mass is 10.3. The van der Waals surface area contributed by atoms with Crippen LogP contribution in [0.25, 0.3) is 22.1 Å². The molecule has 0 fully saturated rings. The molecule has 24 heavy (non-hydrogen) atoms. The summed E-state index contributed by atoms with van der Waals surface area (Å²) in [5.41, 5.74) is 2.99. The van der Waals surface area contributed by atoms with Crippen molar-refractivity contribution in [3.8, 4) is 0 Å². The Balaban J connectivity index is 0.000000141. The summed E-state index contributed by atoms with van der Waals surface area (Å²) in [6.45, 7) is 0. The number of rotatable bonds is 2. The van der Waals surface area contributed by atoms with Gasteiger partial charge in [0.1, 0.15) is 0 Å². The Morgan fingerprint density at radius 1 is 0.750 bits per heavy atom. The zero-order valence-electron chi connectivity index (χ0n) is 12.0. The van der Waals surface area contributed by atoms with Crippen molar-refractivity contribution in [2.45, 2.75) is 0 Å². The van der Waals surface area contributed by atoms with E-state index in [-0.39, 0.29) is 11.4 Å². The van der Waals surface area contributed by atoms with E-state index >= 15 is 0 Å². The Morgan fingerprint density at radius 2 is 1.17 bits per heavy atom. The van der Waals surface area contributed by atoms with Crippen LogP contribution in [0.5, 0.6) is 0 Å². The highest BCUT2D eigenvalue weighted by atomic mass is 16.6. The summed E-state index contributed by atoms with van der Waals surface area (Å²) in [5, 5.41) is 20.7. The topological polar surface area (TPSA) is 144 Å². The van der Waals surface area contributed by atoms with Crippen LogP contribution in [0.3, 0.4) is 0 Å². The fourth-order valence-electron chi connectivity index (χ4n) is 2.07. The second-order valence-corrected chi connectivity index (χ2v) is 4.72. The summed E-state index contributed by atoms with van der Waals surface area (Å²) in [4.78, 5) is 33.3. The van der Waals surface area contributed by atoms with Crippen LogP contribution in [0.1, 0.15) is 0 Å². The lowest BCUT2D eigenvalue weighted by molar-refractivity contribution is -0.384. The van der Waals surface area contributed by atoms with Gasteiger partial charge in [0, 0.05) is 24.3 Å². The Labute approximate surface area is 133 Å². The number of hydrogen-bond donors (Lipinski definition) is 2. The number of aromatic nitrogens is 4. The van der Waals surface area contributed by atoms with Gasteiger partial charge in [-0.2, -0.15) is 0 Å². The third kappa shape index (κ3) is 3.02. The number of non-ortho nitro benzene ring substituents is 2. The summed E-state index contributed by atoms with van der Waals surface area (Å²) in [7, 11) is 0. The molecule has 0 amide bonds. The van der Waals surface area contributed by atoms with E-state index in [2.05, 4.69) is 19.9 Å². The van der Waals surface area contributed by atoms with Gasteiger partial charge in [-0.1, -0.05) is 0 Å². The molecule has 0 aliphatic carbocycles. The van der Waals surface area contributed by atoms with Gasteiger partial charge in [0.2, 0.25) is 0 Å². The summed E-state index contributed by atoms with van der Waals surface area (Å²) in [5.74, 6) is 0. The average Bonchev–Trinajstić information content (AvgIpc) is 3.22. The molecule has 2 N–H and O–H groups in total. The van der Waals surface area contributed by atoms with Crippen LogP contribution >= 0.6 is 0 Å². The van der Waals surface area contributed by atoms with Crippen molar-refractivity contribution in [2.24, 2.45) is 0 Å². The summed E-state index contributed by atoms with van der Waals surface area (Å²) < 4.78 is 0. The molecule has 0 aliphatic heterocycles. The summed E-state index contributed by atoms with van der Waals surface area (Å²) in [6.07, 6.45) is 3.02. The standard InChI is InChI=1S/2C7H5N3O2/c2*11-10(12)5-1-2-6-7(3-5)9-4-8-6/h2*1-4H,(H,8,9). The van der Waals surface area contributed by atoms with E-state index < -0.39 is 9.85 Å². The minimum absolute atomic E-state index is 0.0757. The number of benzene rings is 2.